The summed E-state index contributed by atoms with van der Waals surface area (Å²) in [6.07, 6.45) is 1.05. The number of hydrogen-bond donors (Lipinski definition) is 1. The third kappa shape index (κ3) is 3.08. The topological polar surface area (TPSA) is 56.2 Å². The molecule has 0 aliphatic carbocycles. The lowest BCUT2D eigenvalue weighted by Gasteiger charge is -2.42. The number of piperazine rings is 1. The van der Waals surface area contributed by atoms with Crippen LogP contribution in [0.5, 0.6) is 0 Å². The van der Waals surface area contributed by atoms with E-state index in [0.717, 1.165) is 44.0 Å². The minimum Gasteiger partial charge on any atom is -0.449 e. The van der Waals surface area contributed by atoms with E-state index in [1.165, 1.54) is 0 Å². The maximum atomic E-state index is 10.8. The fraction of sp³-hybridized carbons (Fsp3) is 0.438. The number of para-hydroxylation sites is 1. The van der Waals surface area contributed by atoms with Crippen molar-refractivity contribution in [3.05, 3.63) is 41.8 Å². The van der Waals surface area contributed by atoms with E-state index in [2.05, 4.69) is 22.9 Å². The van der Waals surface area contributed by atoms with Crippen LogP contribution in [0.4, 0.5) is 10.5 Å². The van der Waals surface area contributed by atoms with Crippen molar-refractivity contribution in [2.75, 3.05) is 37.7 Å². The Morgan fingerprint density at radius 3 is 2.64 bits per heavy atom. The molecule has 6 heteroatoms. The van der Waals surface area contributed by atoms with Crippen LogP contribution in [-0.2, 0) is 11.2 Å². The normalized spacial score (nSPS) is 19.5. The number of anilines is 1. The van der Waals surface area contributed by atoms with Gasteiger partial charge in [-0.05, 0) is 18.2 Å². The maximum Gasteiger partial charge on any atom is 0.511 e. The number of nitrogens with zero attached hydrogens (tertiary/aromatic N) is 3. The van der Waals surface area contributed by atoms with Gasteiger partial charge in [0.05, 0.1) is 11.9 Å². The zero-order valence-corrected chi connectivity index (χ0v) is 12.7. The molecule has 1 fully saturated rings. The van der Waals surface area contributed by atoms with Crippen LogP contribution < -0.4 is 5.01 Å². The van der Waals surface area contributed by atoms with Crippen molar-refractivity contribution in [1.29, 1.82) is 0 Å². The summed E-state index contributed by atoms with van der Waals surface area (Å²) in [5.74, 6) is 0.462. The summed E-state index contributed by atoms with van der Waals surface area (Å²) in [5, 5.41) is 13.2. The van der Waals surface area contributed by atoms with E-state index in [1.54, 1.807) is 6.20 Å². The molecule has 1 aromatic rings. The lowest BCUT2D eigenvalue weighted by molar-refractivity contribution is 0.112. The molecule has 2 aliphatic heterocycles. The number of carbonyl (C=O) groups is 1. The van der Waals surface area contributed by atoms with Gasteiger partial charge in [-0.25, -0.2) is 9.80 Å². The first kappa shape index (κ1) is 14.9. The van der Waals surface area contributed by atoms with E-state index < -0.39 is 6.16 Å². The Bertz CT molecular complexity index is 580. The van der Waals surface area contributed by atoms with Gasteiger partial charge in [-0.1, -0.05) is 25.1 Å². The highest BCUT2D eigenvalue weighted by Crippen LogP contribution is 2.30. The first-order valence-corrected chi connectivity index (χ1v) is 7.63. The molecule has 1 N–H and O–H groups in total. The van der Waals surface area contributed by atoms with Crippen molar-refractivity contribution >= 4 is 11.8 Å². The number of benzene rings is 1. The van der Waals surface area contributed by atoms with Crippen LogP contribution in [0, 0.1) is 0 Å². The van der Waals surface area contributed by atoms with E-state index in [4.69, 9.17) is 9.84 Å². The van der Waals surface area contributed by atoms with E-state index in [9.17, 15) is 4.79 Å². The number of fused-ring (bicyclic) bond motifs is 1. The van der Waals surface area contributed by atoms with Crippen LogP contribution in [-0.4, -0.2) is 53.9 Å². The number of rotatable bonds is 3. The van der Waals surface area contributed by atoms with Crippen molar-refractivity contribution in [2.45, 2.75) is 13.3 Å². The third-order valence-electron chi connectivity index (χ3n) is 4.19. The van der Waals surface area contributed by atoms with Crippen molar-refractivity contribution in [1.82, 2.24) is 9.91 Å². The van der Waals surface area contributed by atoms with Crippen LogP contribution in [0.3, 0.4) is 0 Å². The number of likely N-dealkylation sites (N-methyl/N-ethyl adjacent to an activating group) is 1. The molecule has 0 amide bonds. The molecule has 3 rings (SSSR count). The first-order valence-electron chi connectivity index (χ1n) is 7.63. The number of hydrogen-bond acceptors (Lipinski definition) is 5. The summed E-state index contributed by atoms with van der Waals surface area (Å²) in [6, 6.07) is 8.05. The molecule has 0 unspecified atom stereocenters. The average Bonchev–Trinajstić information content (AvgIpc) is 2.53. The Labute approximate surface area is 130 Å². The molecule has 0 spiro atoms. The summed E-state index contributed by atoms with van der Waals surface area (Å²) in [7, 11) is 0. The summed E-state index contributed by atoms with van der Waals surface area (Å²) in [5.41, 5.74) is 2.18. The largest absolute Gasteiger partial charge is 0.511 e. The smallest absolute Gasteiger partial charge is 0.449 e. The molecule has 118 valence electrons. The molecule has 1 aromatic carbocycles. The molecule has 0 saturated carbocycles. The summed E-state index contributed by atoms with van der Waals surface area (Å²) < 4.78 is 4.91. The van der Waals surface area contributed by atoms with E-state index in [0.29, 0.717) is 12.2 Å². The molecule has 2 heterocycles. The van der Waals surface area contributed by atoms with Crippen molar-refractivity contribution in [3.63, 3.8) is 0 Å². The van der Waals surface area contributed by atoms with Gasteiger partial charge in [-0.15, -0.1) is 0 Å². The SMILES string of the molecule is CCN1CCN(N2C=C(OC(=O)O)Cc3ccccc32)CC1. The van der Waals surface area contributed by atoms with Crippen LogP contribution in [0.1, 0.15) is 12.5 Å². The fourth-order valence-corrected chi connectivity index (χ4v) is 3.00. The van der Waals surface area contributed by atoms with Gasteiger partial charge in [-0.3, -0.25) is 5.01 Å². The zero-order chi connectivity index (χ0) is 15.5. The number of ether oxygens (including phenoxy) is 1. The molecule has 22 heavy (non-hydrogen) atoms. The molecule has 0 radical (unpaired) electrons. The number of carboxylic acid groups (broad SMARTS) is 1. The summed E-state index contributed by atoms with van der Waals surface area (Å²) in [6.45, 7) is 7.09. The Kier molecular flexibility index (Phi) is 4.31. The Balaban J connectivity index is 1.84. The molecular weight excluding hydrogens is 282 g/mol. The summed E-state index contributed by atoms with van der Waals surface area (Å²) >= 11 is 0. The highest BCUT2D eigenvalue weighted by Gasteiger charge is 2.26. The van der Waals surface area contributed by atoms with Crippen LogP contribution in [0.25, 0.3) is 0 Å². The fourth-order valence-electron chi connectivity index (χ4n) is 3.00. The van der Waals surface area contributed by atoms with Crippen molar-refractivity contribution in [3.8, 4) is 0 Å². The average molecular weight is 303 g/mol. The molecule has 6 nitrogen and oxygen atoms in total. The monoisotopic (exact) mass is 303 g/mol. The molecule has 2 aliphatic rings. The second-order valence-electron chi connectivity index (χ2n) is 5.50. The molecule has 0 aromatic heterocycles. The highest BCUT2D eigenvalue weighted by molar-refractivity contribution is 5.62. The van der Waals surface area contributed by atoms with Crippen LogP contribution in [0.2, 0.25) is 0 Å². The van der Waals surface area contributed by atoms with E-state index in [-0.39, 0.29) is 0 Å². The van der Waals surface area contributed by atoms with Crippen LogP contribution in [0.15, 0.2) is 36.2 Å². The first-order chi connectivity index (χ1) is 10.7. The molecule has 0 bridgehead atoms. The lowest BCUT2D eigenvalue weighted by Crippen LogP contribution is -2.53. The predicted molar refractivity (Wildman–Crippen MR) is 83.5 cm³/mol. The Morgan fingerprint density at radius 2 is 1.95 bits per heavy atom. The highest BCUT2D eigenvalue weighted by atomic mass is 16.7. The minimum atomic E-state index is -1.26. The van der Waals surface area contributed by atoms with Gasteiger partial charge in [0.1, 0.15) is 5.76 Å². The van der Waals surface area contributed by atoms with Crippen molar-refractivity contribution < 1.29 is 14.6 Å². The van der Waals surface area contributed by atoms with Gasteiger partial charge in [0, 0.05) is 32.6 Å². The van der Waals surface area contributed by atoms with Gasteiger partial charge in [-0.2, -0.15) is 0 Å². The second kappa shape index (κ2) is 6.37. The maximum absolute atomic E-state index is 10.8. The third-order valence-corrected chi connectivity index (χ3v) is 4.19. The van der Waals surface area contributed by atoms with Gasteiger partial charge in [0.15, 0.2) is 0 Å². The molecule has 1 saturated heterocycles. The molecular formula is C16H21N3O3. The van der Waals surface area contributed by atoms with Gasteiger partial charge >= 0.3 is 6.16 Å². The quantitative estimate of drug-likeness (QED) is 0.863. The Morgan fingerprint density at radius 1 is 1.23 bits per heavy atom. The Hall–Kier alpha value is -2.05. The zero-order valence-electron chi connectivity index (χ0n) is 12.7. The van der Waals surface area contributed by atoms with Crippen molar-refractivity contribution in [2.24, 2.45) is 0 Å². The second-order valence-corrected chi connectivity index (χ2v) is 5.50. The predicted octanol–water partition coefficient (Wildman–Crippen LogP) is 2.14. The van der Waals surface area contributed by atoms with Gasteiger partial charge in [0.2, 0.25) is 0 Å². The van der Waals surface area contributed by atoms with E-state index >= 15 is 0 Å². The van der Waals surface area contributed by atoms with Gasteiger partial charge < -0.3 is 14.7 Å². The van der Waals surface area contributed by atoms with Gasteiger partial charge in [0.25, 0.3) is 0 Å². The number of allylic oxidation sites excluding steroid dienone is 1. The minimum absolute atomic E-state index is 0.462. The summed E-state index contributed by atoms with van der Waals surface area (Å²) in [4.78, 5) is 13.2. The van der Waals surface area contributed by atoms with Crippen LogP contribution >= 0.6 is 0 Å². The standard InChI is InChI=1S/C16H21N3O3/c1-2-17-7-9-18(10-8-17)19-12-14(22-16(20)21)11-13-5-3-4-6-15(13)19/h3-6,12H,2,7-11H2,1H3,(H,20,21). The molecule has 0 atom stereocenters. The number of hydrazine groups is 1. The van der Waals surface area contributed by atoms with E-state index in [1.807, 2.05) is 23.2 Å². The lowest BCUT2D eigenvalue weighted by atomic mass is 10.1.